The van der Waals surface area contributed by atoms with E-state index in [9.17, 15) is 0 Å². The van der Waals surface area contributed by atoms with E-state index in [1.54, 1.807) is 0 Å². The Balaban J connectivity index is 2.83. The Bertz CT molecular complexity index is 297. The normalized spacial score (nSPS) is 14.0. The van der Waals surface area contributed by atoms with Gasteiger partial charge in [0.25, 0.3) is 0 Å². The Morgan fingerprint density at radius 3 is 2.57 bits per heavy atom. The highest BCUT2D eigenvalue weighted by Crippen LogP contribution is 2.20. The lowest BCUT2D eigenvalue weighted by molar-refractivity contribution is 0.702. The van der Waals surface area contributed by atoms with E-state index in [2.05, 4.69) is 11.9 Å². The zero-order valence-electron chi connectivity index (χ0n) is 8.18. The lowest BCUT2D eigenvalue weighted by Crippen LogP contribution is -2.11. The highest BCUT2D eigenvalue weighted by Gasteiger charge is 2.06. The van der Waals surface area contributed by atoms with Gasteiger partial charge in [0, 0.05) is 0 Å². The van der Waals surface area contributed by atoms with Crippen molar-refractivity contribution in [3.05, 3.63) is 35.9 Å². The molecule has 0 radical (unpaired) electrons. The van der Waals surface area contributed by atoms with Gasteiger partial charge in [-0.2, -0.15) is 0 Å². The highest BCUT2D eigenvalue weighted by atomic mass is 32.2. The number of nitrogens with zero attached hydrogens (tertiary/aromatic N) is 1. The van der Waals surface area contributed by atoms with Crippen molar-refractivity contribution in [2.75, 3.05) is 0 Å². The molecule has 0 aliphatic rings. The molecule has 0 heterocycles. The van der Waals surface area contributed by atoms with E-state index >= 15 is 0 Å². The van der Waals surface area contributed by atoms with Crippen LogP contribution in [-0.2, 0) is 0 Å². The number of nitrogens with two attached hydrogens (primary N) is 2. The third-order valence-corrected chi connectivity index (χ3v) is 2.32. The third kappa shape index (κ3) is 3.05. The van der Waals surface area contributed by atoms with Gasteiger partial charge in [0.2, 0.25) is 0 Å². The molecule has 0 saturated carbocycles. The molecule has 0 aliphatic carbocycles. The fraction of sp³-hybridized carbons (Fsp3) is 0.300. The molecule has 1 unspecified atom stereocenters. The topological polar surface area (TPSA) is 64.4 Å². The summed E-state index contributed by atoms with van der Waals surface area (Å²) in [4.78, 5) is 4.32. The number of hydrogen-bond donors (Lipinski definition) is 2. The van der Waals surface area contributed by atoms with E-state index in [1.165, 1.54) is 5.56 Å². The molecule has 0 bridgehead atoms. The van der Waals surface area contributed by atoms with Crippen LogP contribution in [0.4, 0.5) is 0 Å². The number of amidine groups is 1. The molecule has 14 heavy (non-hydrogen) atoms. The molecule has 1 rings (SSSR count). The largest absolute Gasteiger partial charge is 0.377 e. The predicted molar refractivity (Wildman–Crippen MR) is 62.9 cm³/mol. The lowest BCUT2D eigenvalue weighted by Gasteiger charge is -2.10. The first-order chi connectivity index (χ1) is 6.77. The van der Waals surface area contributed by atoms with Crippen molar-refractivity contribution in [3.63, 3.8) is 0 Å². The molecule has 0 spiro atoms. The van der Waals surface area contributed by atoms with Crippen molar-refractivity contribution in [1.29, 1.82) is 0 Å². The van der Waals surface area contributed by atoms with Gasteiger partial charge in [0.1, 0.15) is 0 Å². The first-order valence-corrected chi connectivity index (χ1v) is 5.40. The van der Waals surface area contributed by atoms with Gasteiger partial charge < -0.3 is 5.73 Å². The summed E-state index contributed by atoms with van der Waals surface area (Å²) in [6, 6.07) is 10.2. The number of aliphatic imine (C=N–C) groups is 1. The fourth-order valence-corrected chi connectivity index (χ4v) is 1.45. The van der Waals surface area contributed by atoms with Crippen LogP contribution in [0.5, 0.6) is 0 Å². The molecule has 0 aliphatic heterocycles. The van der Waals surface area contributed by atoms with Crippen LogP contribution in [0, 0.1) is 0 Å². The Labute approximate surface area is 88.7 Å². The predicted octanol–water partition coefficient (Wildman–Crippen LogP) is 2.06. The van der Waals surface area contributed by atoms with E-state index in [-0.39, 0.29) is 6.04 Å². The van der Waals surface area contributed by atoms with Crippen LogP contribution in [0.15, 0.2) is 35.3 Å². The van der Waals surface area contributed by atoms with Gasteiger partial charge in [0.05, 0.1) is 6.04 Å². The van der Waals surface area contributed by atoms with E-state index in [1.807, 2.05) is 30.3 Å². The zero-order valence-corrected chi connectivity index (χ0v) is 9.00. The summed E-state index contributed by atoms with van der Waals surface area (Å²) in [5.41, 5.74) is 6.75. The van der Waals surface area contributed by atoms with E-state index in [0.29, 0.717) is 5.17 Å². The Kier molecular flexibility index (Phi) is 4.49. The maximum Gasteiger partial charge on any atom is 0.169 e. The minimum Gasteiger partial charge on any atom is -0.377 e. The van der Waals surface area contributed by atoms with Crippen molar-refractivity contribution in [3.8, 4) is 0 Å². The molecule has 3 nitrogen and oxygen atoms in total. The molecule has 0 aromatic heterocycles. The molecule has 1 atom stereocenters. The molecule has 4 N–H and O–H groups in total. The third-order valence-electron chi connectivity index (χ3n) is 1.97. The van der Waals surface area contributed by atoms with Crippen molar-refractivity contribution >= 4 is 17.1 Å². The van der Waals surface area contributed by atoms with E-state index in [4.69, 9.17) is 10.9 Å². The molecule has 4 heteroatoms. The Morgan fingerprint density at radius 2 is 2.07 bits per heavy atom. The van der Waals surface area contributed by atoms with Gasteiger partial charge >= 0.3 is 0 Å². The second kappa shape index (κ2) is 5.67. The summed E-state index contributed by atoms with van der Waals surface area (Å²) in [6.07, 6.45) is 0.922. The van der Waals surface area contributed by atoms with Crippen molar-refractivity contribution < 1.29 is 0 Å². The van der Waals surface area contributed by atoms with Crippen LogP contribution in [0.25, 0.3) is 0 Å². The standard InChI is InChI=1S/C10H15N3S/c1-2-9(13-10(11)14-12)8-6-4-3-5-7-8/h3-7,9H,2,12H2,1H3,(H2,11,13). The second-order valence-electron chi connectivity index (χ2n) is 2.92. The molecular weight excluding hydrogens is 194 g/mol. The van der Waals surface area contributed by atoms with Gasteiger partial charge in [-0.15, -0.1) is 0 Å². The van der Waals surface area contributed by atoms with E-state index in [0.717, 1.165) is 18.4 Å². The first kappa shape index (κ1) is 11.1. The summed E-state index contributed by atoms with van der Waals surface area (Å²) >= 11 is 0.991. The summed E-state index contributed by atoms with van der Waals surface area (Å²) in [5.74, 6) is 0. The number of rotatable bonds is 3. The molecule has 1 aromatic rings. The van der Waals surface area contributed by atoms with Crippen LogP contribution in [0.3, 0.4) is 0 Å². The SMILES string of the molecule is CCC(N=C(N)SN)c1ccccc1. The smallest absolute Gasteiger partial charge is 0.169 e. The van der Waals surface area contributed by atoms with Gasteiger partial charge in [0.15, 0.2) is 5.17 Å². The number of hydrogen-bond acceptors (Lipinski definition) is 3. The average Bonchev–Trinajstić information content (AvgIpc) is 2.26. The highest BCUT2D eigenvalue weighted by molar-refractivity contribution is 8.11. The maximum atomic E-state index is 5.57. The lowest BCUT2D eigenvalue weighted by atomic mass is 10.1. The molecule has 76 valence electrons. The van der Waals surface area contributed by atoms with Crippen LogP contribution in [0.1, 0.15) is 24.9 Å². The van der Waals surface area contributed by atoms with Crippen molar-refractivity contribution in [2.45, 2.75) is 19.4 Å². The molecule has 1 aromatic carbocycles. The summed E-state index contributed by atoms with van der Waals surface area (Å²) < 4.78 is 0. The van der Waals surface area contributed by atoms with Gasteiger partial charge in [-0.25, -0.2) is 0 Å². The fourth-order valence-electron chi connectivity index (χ4n) is 1.26. The van der Waals surface area contributed by atoms with E-state index < -0.39 is 0 Å². The van der Waals surface area contributed by atoms with Crippen LogP contribution >= 0.6 is 11.9 Å². The summed E-state index contributed by atoms with van der Waals surface area (Å²) in [5, 5.41) is 5.75. The minimum atomic E-state index is 0.118. The molecule has 0 saturated heterocycles. The maximum absolute atomic E-state index is 5.57. The Morgan fingerprint density at radius 1 is 1.43 bits per heavy atom. The summed E-state index contributed by atoms with van der Waals surface area (Å²) in [7, 11) is 0. The average molecular weight is 209 g/mol. The Hall–Kier alpha value is -1.00. The van der Waals surface area contributed by atoms with Crippen LogP contribution in [-0.4, -0.2) is 5.17 Å². The van der Waals surface area contributed by atoms with Crippen LogP contribution < -0.4 is 10.9 Å². The second-order valence-corrected chi connectivity index (χ2v) is 3.57. The zero-order chi connectivity index (χ0) is 10.4. The van der Waals surface area contributed by atoms with Gasteiger partial charge in [-0.1, -0.05) is 37.3 Å². The van der Waals surface area contributed by atoms with Gasteiger partial charge in [-0.05, 0) is 23.9 Å². The quantitative estimate of drug-likeness (QED) is 0.455. The number of benzene rings is 1. The first-order valence-electron chi connectivity index (χ1n) is 4.53. The molecule has 0 fully saturated rings. The van der Waals surface area contributed by atoms with Crippen molar-refractivity contribution in [2.24, 2.45) is 15.9 Å². The van der Waals surface area contributed by atoms with Gasteiger partial charge in [-0.3, -0.25) is 10.1 Å². The van der Waals surface area contributed by atoms with Crippen LogP contribution in [0.2, 0.25) is 0 Å². The monoisotopic (exact) mass is 209 g/mol. The van der Waals surface area contributed by atoms with Crippen molar-refractivity contribution in [1.82, 2.24) is 0 Å². The summed E-state index contributed by atoms with van der Waals surface area (Å²) in [6.45, 7) is 2.08. The molecule has 0 amide bonds. The molecular formula is C10H15N3S. The minimum absolute atomic E-state index is 0.118.